The summed E-state index contributed by atoms with van der Waals surface area (Å²) in [6.07, 6.45) is -0.688. The van der Waals surface area contributed by atoms with Crippen molar-refractivity contribution in [2.75, 3.05) is 0 Å². The predicted molar refractivity (Wildman–Crippen MR) is 117 cm³/mol. The molecular weight excluding hydrogens is 414 g/mol. The van der Waals surface area contributed by atoms with E-state index in [0.29, 0.717) is 5.56 Å². The second-order valence-corrected chi connectivity index (χ2v) is 7.60. The Hall–Kier alpha value is -3.88. The maximum atomic E-state index is 12.8. The van der Waals surface area contributed by atoms with Crippen LogP contribution in [0.4, 0.5) is 4.79 Å². The van der Waals surface area contributed by atoms with E-state index in [9.17, 15) is 19.2 Å². The predicted octanol–water partition coefficient (Wildman–Crippen LogP) is 1.85. The summed E-state index contributed by atoms with van der Waals surface area (Å²) in [4.78, 5) is 47.8. The van der Waals surface area contributed by atoms with Crippen molar-refractivity contribution in [3.05, 3.63) is 71.3 Å². The number of carbonyl (C=O) groups excluding carboxylic acids is 3. The zero-order valence-electron chi connectivity index (χ0n) is 17.9. The fourth-order valence-corrected chi connectivity index (χ4v) is 2.93. The Morgan fingerprint density at radius 3 is 2.09 bits per heavy atom. The molecule has 2 aromatic carbocycles. The Kier molecular flexibility index (Phi) is 8.76. The molecule has 0 aliphatic heterocycles. The third-order valence-electron chi connectivity index (χ3n) is 4.74. The van der Waals surface area contributed by atoms with Gasteiger partial charge in [-0.2, -0.15) is 0 Å². The molecule has 0 aliphatic rings. The fraction of sp³-hybridized carbons (Fsp3) is 0.304. The van der Waals surface area contributed by atoms with Crippen LogP contribution in [0.15, 0.2) is 54.6 Å². The number of hydrogen-bond donors (Lipinski definition) is 4. The maximum Gasteiger partial charge on any atom is 0.408 e. The first kappa shape index (κ1) is 24.4. The number of hydrogen-bond acceptors (Lipinski definition) is 5. The Morgan fingerprint density at radius 1 is 0.938 bits per heavy atom. The van der Waals surface area contributed by atoms with E-state index in [1.165, 1.54) is 12.1 Å². The SMILES string of the molecule is CC(C)[C@@H](NC(=O)OCc1ccccc1)C(=O)N[C@@H](Cc1ccc(C(=O)O)cc1)C(N)=O. The zero-order chi connectivity index (χ0) is 23.7. The van der Waals surface area contributed by atoms with Crippen molar-refractivity contribution in [1.29, 1.82) is 0 Å². The first-order valence-corrected chi connectivity index (χ1v) is 10.1. The van der Waals surface area contributed by atoms with Crippen LogP contribution < -0.4 is 16.4 Å². The molecule has 0 aromatic heterocycles. The highest BCUT2D eigenvalue weighted by Crippen LogP contribution is 2.09. The molecule has 0 saturated heterocycles. The van der Waals surface area contributed by atoms with E-state index < -0.39 is 36.0 Å². The van der Waals surface area contributed by atoms with Gasteiger partial charge in [-0.25, -0.2) is 9.59 Å². The molecule has 2 rings (SSSR count). The van der Waals surface area contributed by atoms with Crippen LogP contribution in [0, 0.1) is 5.92 Å². The summed E-state index contributed by atoms with van der Waals surface area (Å²) in [6, 6.07) is 13.0. The second-order valence-electron chi connectivity index (χ2n) is 7.60. The number of carboxylic acids is 1. The Balaban J connectivity index is 1.99. The van der Waals surface area contributed by atoms with Gasteiger partial charge in [-0.15, -0.1) is 0 Å². The molecule has 0 fully saturated rings. The molecule has 0 spiro atoms. The number of carboxylic acid groups (broad SMARTS) is 1. The fourth-order valence-electron chi connectivity index (χ4n) is 2.93. The average molecular weight is 441 g/mol. The van der Waals surface area contributed by atoms with Gasteiger partial charge in [0, 0.05) is 6.42 Å². The third kappa shape index (κ3) is 7.42. The number of carbonyl (C=O) groups is 4. The maximum absolute atomic E-state index is 12.8. The number of amides is 3. The average Bonchev–Trinajstić information content (AvgIpc) is 2.76. The van der Waals surface area contributed by atoms with Crippen LogP contribution in [-0.4, -0.2) is 41.1 Å². The molecule has 0 bridgehead atoms. The van der Waals surface area contributed by atoms with Gasteiger partial charge in [0.1, 0.15) is 18.7 Å². The molecular formula is C23H27N3O6. The zero-order valence-corrected chi connectivity index (χ0v) is 17.9. The van der Waals surface area contributed by atoms with Crippen LogP contribution in [-0.2, 0) is 27.4 Å². The summed E-state index contributed by atoms with van der Waals surface area (Å²) in [5.74, 6) is -2.69. The summed E-state index contributed by atoms with van der Waals surface area (Å²) in [5, 5.41) is 14.1. The van der Waals surface area contributed by atoms with Crippen molar-refractivity contribution in [3.8, 4) is 0 Å². The standard InChI is InChI=1S/C23H27N3O6/c1-14(2)19(26-23(31)32-13-16-6-4-3-5-7-16)21(28)25-18(20(24)27)12-15-8-10-17(11-9-15)22(29)30/h3-11,14,18-19H,12-13H2,1-2H3,(H2,24,27)(H,25,28)(H,26,31)(H,29,30)/t18-,19+/m0/s1. The number of alkyl carbamates (subject to hydrolysis) is 1. The molecule has 0 radical (unpaired) electrons. The topological polar surface area (TPSA) is 148 Å². The van der Waals surface area contributed by atoms with Crippen molar-refractivity contribution in [3.63, 3.8) is 0 Å². The largest absolute Gasteiger partial charge is 0.478 e. The first-order valence-electron chi connectivity index (χ1n) is 10.1. The van der Waals surface area contributed by atoms with Gasteiger partial charge < -0.3 is 26.2 Å². The Labute approximate surface area is 185 Å². The Morgan fingerprint density at radius 2 is 1.56 bits per heavy atom. The molecule has 5 N–H and O–H groups in total. The van der Waals surface area contributed by atoms with E-state index in [1.54, 1.807) is 38.1 Å². The number of rotatable bonds is 10. The molecule has 0 saturated carbocycles. The molecule has 170 valence electrons. The van der Waals surface area contributed by atoms with Gasteiger partial charge in [-0.3, -0.25) is 9.59 Å². The van der Waals surface area contributed by atoms with Crippen LogP contribution in [0.3, 0.4) is 0 Å². The number of aromatic carboxylic acids is 1. The minimum absolute atomic E-state index is 0.0509. The van der Waals surface area contributed by atoms with Crippen LogP contribution >= 0.6 is 0 Å². The molecule has 9 nitrogen and oxygen atoms in total. The van der Waals surface area contributed by atoms with E-state index in [-0.39, 0.29) is 24.5 Å². The highest BCUT2D eigenvalue weighted by Gasteiger charge is 2.28. The lowest BCUT2D eigenvalue weighted by molar-refractivity contribution is -0.129. The van der Waals surface area contributed by atoms with Gasteiger partial charge in [0.2, 0.25) is 11.8 Å². The lowest BCUT2D eigenvalue weighted by atomic mass is 10.0. The smallest absolute Gasteiger partial charge is 0.408 e. The second kappa shape index (κ2) is 11.5. The molecule has 0 heterocycles. The molecule has 0 aliphatic carbocycles. The van der Waals surface area contributed by atoms with Gasteiger partial charge in [-0.05, 0) is 29.2 Å². The third-order valence-corrected chi connectivity index (χ3v) is 4.74. The van der Waals surface area contributed by atoms with Crippen LogP contribution in [0.5, 0.6) is 0 Å². The van der Waals surface area contributed by atoms with Gasteiger partial charge in [0.15, 0.2) is 0 Å². The van der Waals surface area contributed by atoms with Crippen LogP contribution in [0.2, 0.25) is 0 Å². The highest BCUT2D eigenvalue weighted by molar-refractivity contribution is 5.91. The van der Waals surface area contributed by atoms with Crippen molar-refractivity contribution < 1.29 is 29.0 Å². The molecule has 2 aromatic rings. The number of ether oxygens (including phenoxy) is 1. The Bertz CT molecular complexity index is 944. The van der Waals surface area contributed by atoms with E-state index in [4.69, 9.17) is 15.6 Å². The van der Waals surface area contributed by atoms with Gasteiger partial charge in [-0.1, -0.05) is 56.3 Å². The molecule has 2 atom stereocenters. The summed E-state index contributed by atoms with van der Waals surface area (Å²) in [7, 11) is 0. The van der Waals surface area contributed by atoms with E-state index in [2.05, 4.69) is 10.6 Å². The van der Waals surface area contributed by atoms with Gasteiger partial charge in [0.25, 0.3) is 0 Å². The molecule has 3 amide bonds. The number of nitrogens with two attached hydrogens (primary N) is 1. The quantitative estimate of drug-likeness (QED) is 0.442. The summed E-state index contributed by atoms with van der Waals surface area (Å²) in [6.45, 7) is 3.53. The van der Waals surface area contributed by atoms with Crippen molar-refractivity contribution in [2.45, 2.75) is 39.0 Å². The molecule has 32 heavy (non-hydrogen) atoms. The molecule has 9 heteroatoms. The highest BCUT2D eigenvalue weighted by atomic mass is 16.5. The summed E-state index contributed by atoms with van der Waals surface area (Å²) < 4.78 is 5.17. The summed E-state index contributed by atoms with van der Waals surface area (Å²) >= 11 is 0. The minimum Gasteiger partial charge on any atom is -0.478 e. The van der Waals surface area contributed by atoms with Crippen LogP contribution in [0.25, 0.3) is 0 Å². The van der Waals surface area contributed by atoms with Crippen molar-refractivity contribution in [1.82, 2.24) is 10.6 Å². The van der Waals surface area contributed by atoms with Crippen LogP contribution in [0.1, 0.15) is 35.3 Å². The first-order chi connectivity index (χ1) is 15.2. The van der Waals surface area contributed by atoms with Gasteiger partial charge in [0.05, 0.1) is 5.56 Å². The summed E-state index contributed by atoms with van der Waals surface area (Å²) in [5.41, 5.74) is 6.97. The van der Waals surface area contributed by atoms with Crippen molar-refractivity contribution in [2.24, 2.45) is 11.7 Å². The van der Waals surface area contributed by atoms with E-state index in [1.807, 2.05) is 18.2 Å². The van der Waals surface area contributed by atoms with E-state index in [0.717, 1.165) is 5.56 Å². The van der Waals surface area contributed by atoms with E-state index >= 15 is 0 Å². The normalized spacial score (nSPS) is 12.5. The number of primary amides is 1. The number of nitrogens with one attached hydrogen (secondary N) is 2. The monoisotopic (exact) mass is 441 g/mol. The van der Waals surface area contributed by atoms with Gasteiger partial charge >= 0.3 is 12.1 Å². The lowest BCUT2D eigenvalue weighted by Crippen LogP contribution is -2.55. The molecule has 0 unspecified atom stereocenters. The lowest BCUT2D eigenvalue weighted by Gasteiger charge is -2.24. The minimum atomic E-state index is -1.07. The van der Waals surface area contributed by atoms with Crippen molar-refractivity contribution >= 4 is 23.9 Å². The number of benzene rings is 2.